The Morgan fingerprint density at radius 2 is 0.267 bits per heavy atom. The predicted octanol–water partition coefficient (Wildman–Crippen LogP) is -2.06. The molecule has 0 heterocycles. The first-order valence-electron chi connectivity index (χ1n) is 3.83. The Morgan fingerprint density at radius 1 is 0.267 bits per heavy atom. The molecule has 0 aliphatic heterocycles. The van der Waals surface area contributed by atoms with E-state index in [1.54, 1.807) is 0 Å². The summed E-state index contributed by atoms with van der Waals surface area (Å²) in [6.45, 7) is 0. The van der Waals surface area contributed by atoms with Gasteiger partial charge >= 0.3 is 47.3 Å². The van der Waals surface area contributed by atoms with Crippen molar-refractivity contribution < 1.29 is 56.7 Å². The van der Waals surface area contributed by atoms with E-state index in [0.717, 1.165) is 0 Å². The van der Waals surface area contributed by atoms with Gasteiger partial charge in [-0.3, -0.25) is 0 Å². The molecule has 0 N–H and O–H groups in total. The van der Waals surface area contributed by atoms with Crippen molar-refractivity contribution in [2.75, 3.05) is 0 Å². The van der Waals surface area contributed by atoms with E-state index in [4.69, 9.17) is 107 Å². The summed E-state index contributed by atoms with van der Waals surface area (Å²) in [6.07, 6.45) is 0. The zero-order valence-corrected chi connectivity index (χ0v) is 18.0. The van der Waals surface area contributed by atoms with Gasteiger partial charge in [0.25, 0.3) is 0 Å². The third kappa shape index (κ3) is 779. The van der Waals surface area contributed by atoms with Crippen molar-refractivity contribution >= 4 is 26.2 Å². The van der Waals surface area contributed by atoms with Crippen LogP contribution in [0.25, 0.3) is 0 Å². The van der Waals surface area contributed by atoms with Gasteiger partial charge in [-0.15, -0.1) is 0 Å². The molecule has 28 nitrogen and oxygen atoms in total. The summed E-state index contributed by atoms with van der Waals surface area (Å²) in [5, 5.41) is 103. The molecule has 0 aromatic carbocycles. The van der Waals surface area contributed by atoms with Crippen molar-refractivity contribution in [3.05, 3.63) is 107 Å². The second kappa shape index (κ2) is 49.8. The molecule has 0 aliphatic carbocycles. The molecule has 0 aliphatic rings. The van der Waals surface area contributed by atoms with Crippen LogP contribution in [0.15, 0.2) is 0 Å². The molecule has 0 fully saturated rings. The topological polar surface area (TPSA) is 463 Å². The number of rotatable bonds is 0. The maximum Gasteiger partial charge on any atom is 4.00 e. The standard InChI is InChI=1S/Bi.Mo.7NO3/c;;7*2-1(3)4/q+3;+4;7*-1. The Hall–Kier alpha value is -4.03. The van der Waals surface area contributed by atoms with Crippen LogP contribution in [0.5, 0.6) is 0 Å². The minimum absolute atomic E-state index is 0. The molecule has 0 aromatic heterocycles. The van der Waals surface area contributed by atoms with Crippen LogP contribution in [0, 0.1) is 107 Å². The van der Waals surface area contributed by atoms with Gasteiger partial charge in [-0.25, -0.2) is 0 Å². The maximum atomic E-state index is 8.25. The minimum Gasteiger partial charge on any atom is -0.356 e. The fourth-order valence-corrected chi connectivity index (χ4v) is 0. The molecule has 2 radical (unpaired) electrons. The minimum atomic E-state index is -1.75. The average Bonchev–Trinajstić information content (AvgIpc) is 2.20. The fourth-order valence-electron chi connectivity index (χ4n) is 0. The Labute approximate surface area is 190 Å². The van der Waals surface area contributed by atoms with Crippen LogP contribution >= 0.6 is 0 Å². The molecule has 30 heavy (non-hydrogen) atoms. The van der Waals surface area contributed by atoms with E-state index < -0.39 is 35.6 Å². The number of nitrogens with zero attached hydrogens (tertiary/aromatic N) is 7. The molecule has 0 unspecified atom stereocenters. The van der Waals surface area contributed by atoms with Gasteiger partial charge in [0.15, 0.2) is 0 Å². The van der Waals surface area contributed by atoms with Crippen molar-refractivity contribution in [2.24, 2.45) is 0 Å². The van der Waals surface area contributed by atoms with E-state index in [1.807, 2.05) is 0 Å². The second-order valence-corrected chi connectivity index (χ2v) is 1.57. The van der Waals surface area contributed by atoms with E-state index in [0.29, 0.717) is 0 Å². The van der Waals surface area contributed by atoms with E-state index in [1.165, 1.54) is 0 Å². The first-order chi connectivity index (χ1) is 12.1. The van der Waals surface area contributed by atoms with Gasteiger partial charge in [-0.1, -0.05) is 0 Å². The first-order valence-corrected chi connectivity index (χ1v) is 3.83. The van der Waals surface area contributed by atoms with E-state index in [2.05, 4.69) is 0 Å². The third-order valence-corrected chi connectivity index (χ3v) is 0. The van der Waals surface area contributed by atoms with Crippen molar-refractivity contribution in [3.63, 3.8) is 0 Å². The van der Waals surface area contributed by atoms with E-state index >= 15 is 0 Å². The van der Waals surface area contributed by atoms with Gasteiger partial charge < -0.3 is 107 Å². The Kier molecular flexibility index (Phi) is 93.4. The van der Waals surface area contributed by atoms with E-state index in [-0.39, 0.29) is 47.3 Å². The quantitative estimate of drug-likeness (QED) is 0.146. The van der Waals surface area contributed by atoms with Gasteiger partial charge in [0.05, 0.1) is 35.6 Å². The second-order valence-electron chi connectivity index (χ2n) is 1.57. The molecule has 30 heteroatoms. The van der Waals surface area contributed by atoms with Crippen LogP contribution in [0.3, 0.4) is 0 Å². The van der Waals surface area contributed by atoms with Crippen molar-refractivity contribution in [1.29, 1.82) is 0 Å². The molecular weight excluding hydrogens is 739 g/mol. The number of hydrogen-bond acceptors (Lipinski definition) is 21. The van der Waals surface area contributed by atoms with Crippen LogP contribution in [0.1, 0.15) is 0 Å². The van der Waals surface area contributed by atoms with E-state index in [9.17, 15) is 0 Å². The average molecular weight is 739 g/mol. The van der Waals surface area contributed by atoms with Gasteiger partial charge in [0, 0.05) is 0 Å². The Bertz CT molecular complexity index is 314. The molecule has 0 aromatic rings. The van der Waals surface area contributed by atoms with Crippen LogP contribution in [-0.2, 0) is 21.1 Å². The Balaban J connectivity index is -0.0000000242. The van der Waals surface area contributed by atoms with Crippen LogP contribution in [-0.4, -0.2) is 61.8 Å². The van der Waals surface area contributed by atoms with Crippen LogP contribution < -0.4 is 0 Å². The predicted molar refractivity (Wildman–Crippen MR) is 78.3 cm³/mol. The molecule has 0 spiro atoms. The Morgan fingerprint density at radius 3 is 0.267 bits per heavy atom. The van der Waals surface area contributed by atoms with Crippen LogP contribution in [0.2, 0.25) is 0 Å². The molecule has 0 atom stereocenters. The monoisotopic (exact) mass is 741 g/mol. The van der Waals surface area contributed by atoms with Crippen LogP contribution in [0.4, 0.5) is 0 Å². The SMILES string of the molecule is O=[N+]([O-])[O-].O=[N+]([O-])[O-].O=[N+]([O-])[O-].O=[N+]([O-])[O-].O=[N+]([O-])[O-].O=[N+]([O-])[O-].O=[N+]([O-])[O-].[Bi+3].[Mo+4]. The molecule has 0 rings (SSSR count). The van der Waals surface area contributed by atoms with Gasteiger partial charge in [-0.05, 0) is 0 Å². The fraction of sp³-hybridized carbons (Fsp3) is 0. The van der Waals surface area contributed by atoms with Gasteiger partial charge in [0.1, 0.15) is 0 Å². The van der Waals surface area contributed by atoms with Crippen molar-refractivity contribution in [2.45, 2.75) is 0 Å². The van der Waals surface area contributed by atoms with Gasteiger partial charge in [-0.2, -0.15) is 0 Å². The zero-order chi connectivity index (χ0) is 25.0. The molecule has 0 saturated carbocycles. The normalized spacial score (nSPS) is 5.60. The molecule has 0 amide bonds. The van der Waals surface area contributed by atoms with Gasteiger partial charge in [0.2, 0.25) is 0 Å². The van der Waals surface area contributed by atoms with Crippen molar-refractivity contribution in [3.8, 4) is 0 Å². The largest absolute Gasteiger partial charge is 4.00 e. The third-order valence-electron chi connectivity index (χ3n) is 0. The summed E-state index contributed by atoms with van der Waals surface area (Å²) in [5.74, 6) is 0. The summed E-state index contributed by atoms with van der Waals surface area (Å²) in [6, 6.07) is 0. The first kappa shape index (κ1) is 56.2. The number of hydrogen-bond donors (Lipinski definition) is 0. The summed E-state index contributed by atoms with van der Waals surface area (Å²) in [4.78, 5) is 57.8. The summed E-state index contributed by atoms with van der Waals surface area (Å²) in [5.41, 5.74) is 0. The van der Waals surface area contributed by atoms with Crippen molar-refractivity contribution in [1.82, 2.24) is 0 Å². The smallest absolute Gasteiger partial charge is 0.356 e. The molecular formula is BiMoN7O21. The summed E-state index contributed by atoms with van der Waals surface area (Å²) < 4.78 is 0. The molecule has 172 valence electrons. The molecule has 0 bridgehead atoms. The summed E-state index contributed by atoms with van der Waals surface area (Å²) >= 11 is 0. The molecule has 0 saturated heterocycles. The zero-order valence-electron chi connectivity index (χ0n) is 12.6. The summed E-state index contributed by atoms with van der Waals surface area (Å²) in [7, 11) is 0. The maximum absolute atomic E-state index is 8.25.